The molecule has 134 valence electrons. The van der Waals surface area contributed by atoms with Crippen LogP contribution in [0.5, 0.6) is 0 Å². The quantitative estimate of drug-likeness (QED) is 0.865. The first-order valence-electron chi connectivity index (χ1n) is 8.11. The monoisotopic (exact) mass is 364 g/mol. The van der Waals surface area contributed by atoms with E-state index >= 15 is 0 Å². The Morgan fingerprint density at radius 2 is 2.08 bits per heavy atom. The van der Waals surface area contributed by atoms with Crippen molar-refractivity contribution in [2.75, 3.05) is 11.6 Å². The Bertz CT molecular complexity index is 959. The maximum absolute atomic E-state index is 12.3. The number of sulfone groups is 1. The van der Waals surface area contributed by atoms with E-state index in [1.807, 2.05) is 0 Å². The van der Waals surface area contributed by atoms with Crippen LogP contribution in [0, 0.1) is 0 Å². The zero-order valence-corrected chi connectivity index (χ0v) is 14.8. The van der Waals surface area contributed by atoms with Gasteiger partial charge in [-0.25, -0.2) is 17.9 Å². The number of benzene rings is 1. The second-order valence-electron chi connectivity index (χ2n) is 6.17. The Labute approximate surface area is 145 Å². The number of amides is 1. The predicted molar refractivity (Wildman–Crippen MR) is 92.2 cm³/mol. The summed E-state index contributed by atoms with van der Waals surface area (Å²) in [5, 5.41) is 6.87. The Kier molecular flexibility index (Phi) is 4.76. The molecular weight excluding hydrogens is 344 g/mol. The average molecular weight is 364 g/mol. The number of rotatable bonds is 4. The van der Waals surface area contributed by atoms with Crippen molar-refractivity contribution < 1.29 is 13.2 Å². The van der Waals surface area contributed by atoms with Crippen molar-refractivity contribution in [2.24, 2.45) is 0 Å². The second-order valence-corrected chi connectivity index (χ2v) is 8.18. The fourth-order valence-corrected chi connectivity index (χ4v) is 3.54. The van der Waals surface area contributed by atoms with E-state index in [9.17, 15) is 18.0 Å². The number of hydrogen-bond donors (Lipinski definition) is 1. The number of carbonyl (C=O) groups is 1. The summed E-state index contributed by atoms with van der Waals surface area (Å²) in [5.41, 5.74) is 0.0821. The number of carbonyl (C=O) groups excluding carboxylic acids is 1. The maximum atomic E-state index is 12.3. The van der Waals surface area contributed by atoms with Gasteiger partial charge in [0.05, 0.1) is 4.90 Å². The summed E-state index contributed by atoms with van der Waals surface area (Å²) in [4.78, 5) is 24.7. The largest absolute Gasteiger partial charge is 0.346 e. The molecule has 1 aliphatic rings. The van der Waals surface area contributed by atoms with Gasteiger partial charge in [0, 0.05) is 24.9 Å². The number of nitrogens with one attached hydrogen (secondary N) is 1. The molecule has 0 saturated carbocycles. The first kappa shape index (κ1) is 17.4. The molecule has 25 heavy (non-hydrogen) atoms. The lowest BCUT2D eigenvalue weighted by molar-refractivity contribution is -0.117. The van der Waals surface area contributed by atoms with Crippen LogP contribution >= 0.6 is 0 Å². The highest BCUT2D eigenvalue weighted by atomic mass is 32.2. The molecule has 3 rings (SSSR count). The molecule has 0 radical (unpaired) electrons. The summed E-state index contributed by atoms with van der Waals surface area (Å²) in [7, 11) is -3.35. The van der Waals surface area contributed by atoms with E-state index in [1.54, 1.807) is 16.7 Å². The molecule has 0 bridgehead atoms. The Morgan fingerprint density at radius 1 is 1.28 bits per heavy atom. The lowest BCUT2D eigenvalue weighted by Gasteiger charge is -2.06. The maximum Gasteiger partial charge on any atom is 0.346 e. The standard InChI is InChI=1S/C16H20N4O4S/c1-25(23,24)13-7-5-6-12(10-13)17-15(21)11-20-16(22)19-9-4-2-3-8-14(19)18-20/h5-7,10H,2-4,8-9,11H2,1H3,(H,17,21). The van der Waals surface area contributed by atoms with Gasteiger partial charge in [-0.05, 0) is 31.0 Å². The average Bonchev–Trinajstić information content (AvgIpc) is 2.72. The van der Waals surface area contributed by atoms with E-state index in [4.69, 9.17) is 0 Å². The van der Waals surface area contributed by atoms with Crippen LogP contribution in [0.4, 0.5) is 5.69 Å². The second kappa shape index (κ2) is 6.83. The first-order chi connectivity index (χ1) is 11.8. The predicted octanol–water partition coefficient (Wildman–Crippen LogP) is 0.813. The molecule has 1 aromatic carbocycles. The van der Waals surface area contributed by atoms with Crippen molar-refractivity contribution in [1.82, 2.24) is 14.3 Å². The van der Waals surface area contributed by atoms with E-state index in [0.717, 1.165) is 42.4 Å². The van der Waals surface area contributed by atoms with Gasteiger partial charge in [0.1, 0.15) is 12.4 Å². The molecule has 1 aliphatic heterocycles. The number of aromatic nitrogens is 3. The lowest BCUT2D eigenvalue weighted by atomic mass is 10.2. The number of fused-ring (bicyclic) bond motifs is 1. The minimum Gasteiger partial charge on any atom is -0.324 e. The molecule has 2 heterocycles. The van der Waals surface area contributed by atoms with Crippen molar-refractivity contribution in [1.29, 1.82) is 0 Å². The molecule has 8 nitrogen and oxygen atoms in total. The molecule has 9 heteroatoms. The third-order valence-electron chi connectivity index (χ3n) is 4.12. The summed E-state index contributed by atoms with van der Waals surface area (Å²) in [6.45, 7) is 0.425. The number of aryl methyl sites for hydroxylation is 1. The molecule has 0 fully saturated rings. The van der Waals surface area contributed by atoms with Crippen LogP contribution in [-0.2, 0) is 34.1 Å². The van der Waals surface area contributed by atoms with Gasteiger partial charge in [0.25, 0.3) is 0 Å². The fraction of sp³-hybridized carbons (Fsp3) is 0.438. The van der Waals surface area contributed by atoms with Gasteiger partial charge in [-0.15, -0.1) is 0 Å². The Hall–Kier alpha value is -2.42. The van der Waals surface area contributed by atoms with Crippen LogP contribution < -0.4 is 11.0 Å². The van der Waals surface area contributed by atoms with Crippen LogP contribution in [-0.4, -0.2) is 34.9 Å². The van der Waals surface area contributed by atoms with Gasteiger partial charge < -0.3 is 5.32 Å². The van der Waals surface area contributed by atoms with Crippen molar-refractivity contribution in [2.45, 2.75) is 43.7 Å². The minimum atomic E-state index is -3.35. The molecule has 0 aliphatic carbocycles. The summed E-state index contributed by atoms with van der Waals surface area (Å²) in [5.74, 6) is 0.287. The molecule has 0 spiro atoms. The van der Waals surface area contributed by atoms with E-state index in [-0.39, 0.29) is 17.1 Å². The molecule has 0 unspecified atom stereocenters. The van der Waals surface area contributed by atoms with E-state index in [0.29, 0.717) is 12.2 Å². The number of nitrogens with zero attached hydrogens (tertiary/aromatic N) is 3. The molecule has 1 aromatic heterocycles. The van der Waals surface area contributed by atoms with Gasteiger partial charge in [-0.3, -0.25) is 9.36 Å². The van der Waals surface area contributed by atoms with Crippen LogP contribution in [0.2, 0.25) is 0 Å². The SMILES string of the molecule is CS(=O)(=O)c1cccc(NC(=O)Cn2nc3n(c2=O)CCCCC3)c1. The highest BCUT2D eigenvalue weighted by molar-refractivity contribution is 7.90. The first-order valence-corrected chi connectivity index (χ1v) is 10.0. The molecule has 1 N–H and O–H groups in total. The molecule has 1 amide bonds. The van der Waals surface area contributed by atoms with Crippen LogP contribution in [0.1, 0.15) is 25.1 Å². The third kappa shape index (κ3) is 3.98. The number of anilines is 1. The van der Waals surface area contributed by atoms with Crippen molar-refractivity contribution in [3.63, 3.8) is 0 Å². The molecule has 2 aromatic rings. The minimum absolute atomic E-state index is 0.121. The lowest BCUT2D eigenvalue weighted by Crippen LogP contribution is -2.30. The Morgan fingerprint density at radius 3 is 2.84 bits per heavy atom. The van der Waals surface area contributed by atoms with Gasteiger partial charge >= 0.3 is 5.69 Å². The summed E-state index contributed by atoms with van der Waals surface area (Å²) < 4.78 is 25.9. The van der Waals surface area contributed by atoms with E-state index in [2.05, 4.69) is 10.4 Å². The summed E-state index contributed by atoms with van der Waals surface area (Å²) in [6, 6.07) is 6.00. The highest BCUT2D eigenvalue weighted by Gasteiger charge is 2.17. The zero-order chi connectivity index (χ0) is 18.0. The smallest absolute Gasteiger partial charge is 0.324 e. The van der Waals surface area contributed by atoms with Crippen LogP contribution in [0.15, 0.2) is 34.0 Å². The van der Waals surface area contributed by atoms with Crippen molar-refractivity contribution in [3.8, 4) is 0 Å². The fourth-order valence-electron chi connectivity index (χ4n) is 2.87. The van der Waals surface area contributed by atoms with Gasteiger partial charge in [-0.1, -0.05) is 12.5 Å². The van der Waals surface area contributed by atoms with Crippen LogP contribution in [0.3, 0.4) is 0 Å². The topological polar surface area (TPSA) is 103 Å². The van der Waals surface area contributed by atoms with E-state index < -0.39 is 15.7 Å². The zero-order valence-electron chi connectivity index (χ0n) is 13.9. The summed E-state index contributed by atoms with van der Waals surface area (Å²) >= 11 is 0. The van der Waals surface area contributed by atoms with Gasteiger partial charge in [-0.2, -0.15) is 5.10 Å². The van der Waals surface area contributed by atoms with Gasteiger partial charge in [0.2, 0.25) is 5.91 Å². The van der Waals surface area contributed by atoms with Gasteiger partial charge in [0.15, 0.2) is 9.84 Å². The van der Waals surface area contributed by atoms with Crippen molar-refractivity contribution >= 4 is 21.4 Å². The third-order valence-corrected chi connectivity index (χ3v) is 5.23. The van der Waals surface area contributed by atoms with E-state index in [1.165, 1.54) is 12.1 Å². The number of hydrogen-bond acceptors (Lipinski definition) is 5. The summed E-state index contributed by atoms with van der Waals surface area (Å²) in [6.07, 6.45) is 4.83. The molecule has 0 saturated heterocycles. The molecular formula is C16H20N4O4S. The Balaban J connectivity index is 1.75. The molecule has 0 atom stereocenters. The van der Waals surface area contributed by atoms with Crippen molar-refractivity contribution in [3.05, 3.63) is 40.6 Å². The van der Waals surface area contributed by atoms with Crippen LogP contribution in [0.25, 0.3) is 0 Å². The highest BCUT2D eigenvalue weighted by Crippen LogP contribution is 2.15. The normalized spacial score (nSPS) is 14.6.